The summed E-state index contributed by atoms with van der Waals surface area (Å²) >= 11 is 0. The molecule has 11 heteroatoms. The van der Waals surface area contributed by atoms with Gasteiger partial charge in [-0.05, 0) is 57.0 Å². The molecule has 37 heavy (non-hydrogen) atoms. The minimum atomic E-state index is -4.44. The van der Waals surface area contributed by atoms with Crippen LogP contribution in [0.5, 0.6) is 0 Å². The summed E-state index contributed by atoms with van der Waals surface area (Å²) in [6.07, 6.45) is -4.44. The highest BCUT2D eigenvalue weighted by molar-refractivity contribution is 5.69. The summed E-state index contributed by atoms with van der Waals surface area (Å²) < 4.78 is 48.2. The van der Waals surface area contributed by atoms with Gasteiger partial charge in [0.15, 0.2) is 11.5 Å². The Morgan fingerprint density at radius 2 is 1.81 bits per heavy atom. The number of hydrogen-bond donors (Lipinski definition) is 2. The lowest BCUT2D eigenvalue weighted by molar-refractivity contribution is -0.138. The van der Waals surface area contributed by atoms with Crippen molar-refractivity contribution in [3.05, 3.63) is 46.6 Å². The number of hydrogen-bond acceptors (Lipinski definition) is 7. The van der Waals surface area contributed by atoms with Gasteiger partial charge in [-0.25, -0.2) is 4.98 Å². The largest absolute Gasteiger partial charge is 0.416 e. The number of morpholine rings is 1. The Balaban J connectivity index is 1.59. The smallest absolute Gasteiger partial charge is 0.378 e. The molecule has 0 radical (unpaired) electrons. The average molecular weight is 518 g/mol. The van der Waals surface area contributed by atoms with Crippen molar-refractivity contribution in [2.45, 2.75) is 52.5 Å². The highest BCUT2D eigenvalue weighted by Crippen LogP contribution is 2.36. The van der Waals surface area contributed by atoms with E-state index in [1.54, 1.807) is 10.6 Å². The standard InChI is InChI=1S/C26H34F3N7O/c1-16-12-23(35-8-10-37-11-9-35)33-36-24(16)32-22(15-34-13-17(2)30-18(3)14-34)25(36)31-21-7-5-6-20(19(21)4)26(27,28)29/h5-7,12,17-18,30-31H,8-11,13-15H2,1-4H3. The van der Waals surface area contributed by atoms with E-state index in [9.17, 15) is 13.2 Å². The van der Waals surface area contributed by atoms with Gasteiger partial charge >= 0.3 is 6.18 Å². The fourth-order valence-electron chi connectivity index (χ4n) is 5.37. The summed E-state index contributed by atoms with van der Waals surface area (Å²) in [5.74, 6) is 1.39. The number of alkyl halides is 3. The molecule has 2 fully saturated rings. The van der Waals surface area contributed by atoms with Crippen LogP contribution >= 0.6 is 0 Å². The first kappa shape index (κ1) is 25.7. The second-order valence-electron chi connectivity index (χ2n) is 10.2. The van der Waals surface area contributed by atoms with E-state index >= 15 is 0 Å². The van der Waals surface area contributed by atoms with Crippen LogP contribution in [0.4, 0.5) is 30.5 Å². The van der Waals surface area contributed by atoms with Crippen LogP contribution in [0.1, 0.15) is 36.2 Å². The van der Waals surface area contributed by atoms with Crippen LogP contribution in [-0.4, -0.2) is 71.0 Å². The van der Waals surface area contributed by atoms with Crippen LogP contribution in [-0.2, 0) is 17.5 Å². The molecule has 0 amide bonds. The number of ether oxygens (including phenoxy) is 1. The van der Waals surface area contributed by atoms with E-state index in [4.69, 9.17) is 14.8 Å². The topological polar surface area (TPSA) is 70.0 Å². The van der Waals surface area contributed by atoms with Crippen LogP contribution in [0.25, 0.3) is 5.65 Å². The third kappa shape index (κ3) is 5.39. The minimum Gasteiger partial charge on any atom is -0.378 e. The lowest BCUT2D eigenvalue weighted by Crippen LogP contribution is -2.53. The third-order valence-corrected chi connectivity index (χ3v) is 7.06. The number of aryl methyl sites for hydroxylation is 1. The molecule has 4 heterocycles. The number of anilines is 3. The maximum Gasteiger partial charge on any atom is 0.416 e. The van der Waals surface area contributed by atoms with Gasteiger partial charge in [0.1, 0.15) is 5.82 Å². The van der Waals surface area contributed by atoms with Gasteiger partial charge in [0, 0.05) is 50.5 Å². The van der Waals surface area contributed by atoms with E-state index in [1.165, 1.54) is 13.0 Å². The maximum absolute atomic E-state index is 13.6. The summed E-state index contributed by atoms with van der Waals surface area (Å²) in [4.78, 5) is 9.44. The van der Waals surface area contributed by atoms with Crippen molar-refractivity contribution in [1.29, 1.82) is 0 Å². The van der Waals surface area contributed by atoms with Crippen molar-refractivity contribution < 1.29 is 17.9 Å². The first-order chi connectivity index (χ1) is 17.6. The van der Waals surface area contributed by atoms with Gasteiger partial charge < -0.3 is 20.3 Å². The van der Waals surface area contributed by atoms with E-state index in [0.29, 0.717) is 49.0 Å². The number of benzene rings is 1. The summed E-state index contributed by atoms with van der Waals surface area (Å²) in [5, 5.41) is 11.7. The molecule has 2 atom stereocenters. The van der Waals surface area contributed by atoms with Crippen molar-refractivity contribution >= 4 is 23.0 Å². The molecule has 2 unspecified atom stereocenters. The molecule has 0 bridgehead atoms. The lowest BCUT2D eigenvalue weighted by Gasteiger charge is -2.35. The molecule has 2 saturated heterocycles. The van der Waals surface area contributed by atoms with Gasteiger partial charge in [-0.15, -0.1) is 5.10 Å². The molecule has 0 saturated carbocycles. The number of halogens is 3. The zero-order chi connectivity index (χ0) is 26.3. The van der Waals surface area contributed by atoms with Gasteiger partial charge in [-0.1, -0.05) is 6.07 Å². The SMILES string of the molecule is Cc1c(Nc2c(CN3CC(C)NC(C)C3)nc3c(C)cc(N4CCOCC4)nn23)cccc1C(F)(F)F. The number of nitrogens with zero attached hydrogens (tertiary/aromatic N) is 5. The van der Waals surface area contributed by atoms with Crippen molar-refractivity contribution in [2.24, 2.45) is 0 Å². The summed E-state index contributed by atoms with van der Waals surface area (Å²) in [6, 6.07) is 6.88. The highest BCUT2D eigenvalue weighted by Gasteiger charge is 2.33. The monoisotopic (exact) mass is 517 g/mol. The summed E-state index contributed by atoms with van der Waals surface area (Å²) in [5.41, 5.74) is 2.27. The fraction of sp³-hybridized carbons (Fsp3) is 0.538. The molecule has 8 nitrogen and oxygen atoms in total. The quantitative estimate of drug-likeness (QED) is 0.528. The molecular formula is C26H34F3N7O. The van der Waals surface area contributed by atoms with Crippen molar-refractivity contribution in [1.82, 2.24) is 24.8 Å². The summed E-state index contributed by atoms with van der Waals surface area (Å²) in [6.45, 7) is 12.8. The number of rotatable bonds is 5. The Bertz CT molecular complexity index is 1260. The Morgan fingerprint density at radius 3 is 2.49 bits per heavy atom. The zero-order valence-electron chi connectivity index (χ0n) is 21.7. The molecular weight excluding hydrogens is 483 g/mol. The average Bonchev–Trinajstić information content (AvgIpc) is 3.17. The van der Waals surface area contributed by atoms with Crippen LogP contribution in [0.3, 0.4) is 0 Å². The second-order valence-corrected chi connectivity index (χ2v) is 10.2. The van der Waals surface area contributed by atoms with Gasteiger partial charge in [0.25, 0.3) is 0 Å². The Morgan fingerprint density at radius 1 is 1.11 bits per heavy atom. The summed E-state index contributed by atoms with van der Waals surface area (Å²) in [7, 11) is 0. The van der Waals surface area contributed by atoms with Crippen molar-refractivity contribution in [3.8, 4) is 0 Å². The van der Waals surface area contributed by atoms with Crippen molar-refractivity contribution in [2.75, 3.05) is 49.6 Å². The van der Waals surface area contributed by atoms with Crippen LogP contribution in [0.2, 0.25) is 0 Å². The van der Waals surface area contributed by atoms with E-state index in [-0.39, 0.29) is 5.56 Å². The Labute approximate surface area is 214 Å². The number of imidazole rings is 1. The number of nitrogens with one attached hydrogen (secondary N) is 2. The second kappa shape index (κ2) is 10.1. The van der Waals surface area contributed by atoms with Gasteiger partial charge in [-0.3, -0.25) is 4.90 Å². The molecule has 3 aromatic rings. The Kier molecular flexibility index (Phi) is 7.03. The number of aromatic nitrogens is 3. The number of piperazine rings is 1. The molecule has 2 aliphatic rings. The molecule has 0 aliphatic carbocycles. The van der Waals surface area contributed by atoms with Crippen LogP contribution < -0.4 is 15.5 Å². The molecule has 2 N–H and O–H groups in total. The minimum absolute atomic E-state index is 0.140. The molecule has 1 aromatic carbocycles. The van der Waals surface area contributed by atoms with E-state index < -0.39 is 11.7 Å². The number of fused-ring (bicyclic) bond motifs is 1. The first-order valence-corrected chi connectivity index (χ1v) is 12.7. The molecule has 2 aromatic heterocycles. The maximum atomic E-state index is 13.6. The fourth-order valence-corrected chi connectivity index (χ4v) is 5.37. The molecule has 200 valence electrons. The van der Waals surface area contributed by atoms with E-state index in [2.05, 4.69) is 34.3 Å². The molecule has 2 aliphatic heterocycles. The Hall–Kier alpha value is -2.89. The molecule has 0 spiro atoms. The van der Waals surface area contributed by atoms with Gasteiger partial charge in [0.05, 0.1) is 24.5 Å². The lowest BCUT2D eigenvalue weighted by atomic mass is 10.1. The zero-order valence-corrected chi connectivity index (χ0v) is 21.7. The van der Waals surface area contributed by atoms with Gasteiger partial charge in [-0.2, -0.15) is 17.7 Å². The van der Waals surface area contributed by atoms with E-state index in [0.717, 1.165) is 49.3 Å². The van der Waals surface area contributed by atoms with Crippen molar-refractivity contribution in [3.63, 3.8) is 0 Å². The highest BCUT2D eigenvalue weighted by atomic mass is 19.4. The van der Waals surface area contributed by atoms with Gasteiger partial charge in [0.2, 0.25) is 0 Å². The third-order valence-electron chi connectivity index (χ3n) is 7.06. The molecule has 5 rings (SSSR count). The first-order valence-electron chi connectivity index (χ1n) is 12.7. The van der Waals surface area contributed by atoms with Crippen LogP contribution in [0.15, 0.2) is 24.3 Å². The van der Waals surface area contributed by atoms with Crippen LogP contribution in [0, 0.1) is 13.8 Å². The normalized spacial score (nSPS) is 21.5. The predicted molar refractivity (Wildman–Crippen MR) is 138 cm³/mol. The predicted octanol–water partition coefficient (Wildman–Crippen LogP) is 4.13. The van der Waals surface area contributed by atoms with E-state index in [1.807, 2.05) is 13.0 Å².